The first kappa shape index (κ1) is 13.6. The lowest BCUT2D eigenvalue weighted by Crippen LogP contribution is -2.31. The molecule has 94 valence electrons. The first-order chi connectivity index (χ1) is 8.59. The number of benzene rings is 1. The van der Waals surface area contributed by atoms with Crippen molar-refractivity contribution in [2.75, 3.05) is 6.54 Å². The summed E-state index contributed by atoms with van der Waals surface area (Å²) in [5.74, 6) is -2.53. The zero-order chi connectivity index (χ0) is 13.4. The van der Waals surface area contributed by atoms with E-state index < -0.39 is 17.7 Å². The molecule has 0 bridgehead atoms. The number of rotatable bonds is 6. The molecule has 1 aromatic rings. The fourth-order valence-electron chi connectivity index (χ4n) is 1.18. The average Bonchev–Trinajstić information content (AvgIpc) is 2.36. The van der Waals surface area contributed by atoms with E-state index in [1.165, 1.54) is 6.08 Å². The number of hydrogen-bond acceptors (Lipinski definition) is 3. The molecule has 0 aliphatic carbocycles. The Morgan fingerprint density at radius 1 is 1.17 bits per heavy atom. The molecule has 0 radical (unpaired) electrons. The summed E-state index contributed by atoms with van der Waals surface area (Å²) >= 11 is 0. The number of carboxylic acid groups (broad SMARTS) is 1. The Bertz CT molecular complexity index is 465. The van der Waals surface area contributed by atoms with Gasteiger partial charge in [-0.05, 0) is 11.6 Å². The quantitative estimate of drug-likeness (QED) is 0.577. The monoisotopic (exact) mass is 247 g/mol. The van der Waals surface area contributed by atoms with E-state index in [1.54, 1.807) is 12.1 Å². The molecular weight excluding hydrogens is 234 g/mol. The minimum absolute atomic E-state index is 0.0565. The van der Waals surface area contributed by atoms with Crippen molar-refractivity contribution >= 4 is 23.7 Å². The normalized spacial score (nSPS) is 10.2. The molecular formula is C13H13NO4. The third kappa shape index (κ3) is 5.07. The van der Waals surface area contributed by atoms with Crippen LogP contribution in [0, 0.1) is 0 Å². The van der Waals surface area contributed by atoms with Gasteiger partial charge in [-0.1, -0.05) is 36.4 Å². The molecule has 0 fully saturated rings. The van der Waals surface area contributed by atoms with Crippen LogP contribution < -0.4 is 5.32 Å². The van der Waals surface area contributed by atoms with Crippen LogP contribution in [0.5, 0.6) is 0 Å². The second-order valence-corrected chi connectivity index (χ2v) is 3.51. The van der Waals surface area contributed by atoms with Crippen molar-refractivity contribution in [3.05, 3.63) is 42.0 Å². The molecule has 1 amide bonds. The van der Waals surface area contributed by atoms with Gasteiger partial charge in [0.15, 0.2) is 0 Å². The van der Waals surface area contributed by atoms with Crippen molar-refractivity contribution in [3.63, 3.8) is 0 Å². The van der Waals surface area contributed by atoms with E-state index in [9.17, 15) is 14.4 Å². The second-order valence-electron chi connectivity index (χ2n) is 3.51. The van der Waals surface area contributed by atoms with Crippen LogP contribution in [0.4, 0.5) is 0 Å². The number of aliphatic carboxylic acids is 1. The van der Waals surface area contributed by atoms with Crippen molar-refractivity contribution in [1.82, 2.24) is 5.32 Å². The summed E-state index contributed by atoms with van der Waals surface area (Å²) in [5.41, 5.74) is 0.809. The van der Waals surface area contributed by atoms with Gasteiger partial charge in [0, 0.05) is 6.54 Å². The minimum Gasteiger partial charge on any atom is -0.481 e. The van der Waals surface area contributed by atoms with E-state index in [-0.39, 0.29) is 13.0 Å². The van der Waals surface area contributed by atoms with E-state index >= 15 is 0 Å². The molecule has 2 N–H and O–H groups in total. The van der Waals surface area contributed by atoms with Crippen LogP contribution in [-0.2, 0) is 14.4 Å². The van der Waals surface area contributed by atoms with Crippen LogP contribution in [0.3, 0.4) is 0 Å². The molecule has 0 spiro atoms. The Morgan fingerprint density at radius 3 is 2.44 bits per heavy atom. The van der Waals surface area contributed by atoms with Crippen LogP contribution in [-0.4, -0.2) is 29.3 Å². The molecule has 1 aromatic carbocycles. The maximum Gasteiger partial charge on any atom is 0.305 e. The van der Waals surface area contributed by atoms with Gasteiger partial charge < -0.3 is 10.4 Å². The highest BCUT2D eigenvalue weighted by atomic mass is 16.4. The van der Waals surface area contributed by atoms with Crippen molar-refractivity contribution in [3.8, 4) is 0 Å². The highest BCUT2D eigenvalue weighted by Crippen LogP contribution is 2.00. The Kier molecular flexibility index (Phi) is 5.31. The molecule has 0 saturated carbocycles. The molecule has 0 atom stereocenters. The lowest BCUT2D eigenvalue weighted by atomic mass is 10.2. The Balaban J connectivity index is 2.43. The third-order valence-electron chi connectivity index (χ3n) is 2.07. The van der Waals surface area contributed by atoms with E-state index in [4.69, 9.17) is 5.11 Å². The van der Waals surface area contributed by atoms with Crippen LogP contribution in [0.1, 0.15) is 12.0 Å². The first-order valence-electron chi connectivity index (χ1n) is 5.36. The molecule has 0 unspecified atom stereocenters. The number of carboxylic acids is 1. The van der Waals surface area contributed by atoms with E-state index in [1.807, 2.05) is 18.2 Å². The molecule has 18 heavy (non-hydrogen) atoms. The summed E-state index contributed by atoms with van der Waals surface area (Å²) in [4.78, 5) is 32.8. The summed E-state index contributed by atoms with van der Waals surface area (Å²) in [5, 5.41) is 10.6. The molecule has 0 aliphatic rings. The second kappa shape index (κ2) is 7.01. The standard InChI is InChI=1S/C13H13NO4/c15-11(13(18)14-9-8-12(16)17)7-6-10-4-2-1-3-5-10/h1-7H,8-9H2,(H,14,18)(H,16,17). The van der Waals surface area contributed by atoms with Crippen molar-refractivity contribution in [1.29, 1.82) is 0 Å². The predicted molar refractivity (Wildman–Crippen MR) is 65.7 cm³/mol. The van der Waals surface area contributed by atoms with Gasteiger partial charge in [0.25, 0.3) is 5.91 Å². The van der Waals surface area contributed by atoms with E-state index in [2.05, 4.69) is 5.32 Å². The number of ketones is 1. The molecule has 0 aliphatic heterocycles. The van der Waals surface area contributed by atoms with E-state index in [0.717, 1.165) is 11.6 Å². The molecule has 0 saturated heterocycles. The van der Waals surface area contributed by atoms with Gasteiger partial charge in [0.2, 0.25) is 5.78 Å². The number of hydrogen-bond donors (Lipinski definition) is 2. The average molecular weight is 247 g/mol. The van der Waals surface area contributed by atoms with Gasteiger partial charge in [-0.25, -0.2) is 0 Å². The van der Waals surface area contributed by atoms with Gasteiger partial charge in [-0.2, -0.15) is 0 Å². The number of carbonyl (C=O) groups is 3. The largest absolute Gasteiger partial charge is 0.481 e. The van der Waals surface area contributed by atoms with Crippen molar-refractivity contribution in [2.45, 2.75) is 6.42 Å². The fraction of sp³-hybridized carbons (Fsp3) is 0.154. The Morgan fingerprint density at radius 2 is 1.83 bits per heavy atom. The summed E-state index contributed by atoms with van der Waals surface area (Å²) < 4.78 is 0. The Labute approximate surface area is 104 Å². The maximum atomic E-state index is 11.3. The van der Waals surface area contributed by atoms with Crippen LogP contribution in [0.15, 0.2) is 36.4 Å². The van der Waals surface area contributed by atoms with Crippen molar-refractivity contribution < 1.29 is 19.5 Å². The topological polar surface area (TPSA) is 83.5 Å². The molecule has 5 nitrogen and oxygen atoms in total. The van der Waals surface area contributed by atoms with Crippen LogP contribution in [0.2, 0.25) is 0 Å². The van der Waals surface area contributed by atoms with Crippen molar-refractivity contribution in [2.24, 2.45) is 0 Å². The zero-order valence-electron chi connectivity index (χ0n) is 9.63. The van der Waals surface area contributed by atoms with Gasteiger partial charge in [0.05, 0.1) is 6.42 Å². The summed E-state index contributed by atoms with van der Waals surface area (Å²) in [6.07, 6.45) is 2.48. The molecule has 1 rings (SSSR count). The number of amides is 1. The number of nitrogens with one attached hydrogen (secondary N) is 1. The molecule has 0 aromatic heterocycles. The van der Waals surface area contributed by atoms with Gasteiger partial charge >= 0.3 is 5.97 Å². The fourth-order valence-corrected chi connectivity index (χ4v) is 1.18. The highest BCUT2D eigenvalue weighted by Gasteiger charge is 2.09. The minimum atomic E-state index is -1.03. The molecule has 5 heteroatoms. The number of carbonyl (C=O) groups excluding carboxylic acids is 2. The zero-order valence-corrected chi connectivity index (χ0v) is 9.63. The lowest BCUT2D eigenvalue weighted by Gasteiger charge is -1.99. The summed E-state index contributed by atoms with van der Waals surface area (Å²) in [6, 6.07) is 9.07. The lowest BCUT2D eigenvalue weighted by molar-refractivity contribution is -0.138. The summed E-state index contributed by atoms with van der Waals surface area (Å²) in [6.45, 7) is -0.0565. The van der Waals surface area contributed by atoms with Crippen LogP contribution in [0.25, 0.3) is 6.08 Å². The predicted octanol–water partition coefficient (Wildman–Crippen LogP) is 0.860. The van der Waals surface area contributed by atoms with Gasteiger partial charge in [-0.15, -0.1) is 0 Å². The Hall–Kier alpha value is -2.43. The first-order valence-corrected chi connectivity index (χ1v) is 5.36. The maximum absolute atomic E-state index is 11.3. The molecule has 0 heterocycles. The highest BCUT2D eigenvalue weighted by molar-refractivity contribution is 6.41. The van der Waals surface area contributed by atoms with Gasteiger partial charge in [0.1, 0.15) is 0 Å². The SMILES string of the molecule is O=C(O)CCNC(=O)C(=O)C=Cc1ccccc1. The summed E-state index contributed by atoms with van der Waals surface area (Å²) in [7, 11) is 0. The smallest absolute Gasteiger partial charge is 0.305 e. The van der Waals surface area contributed by atoms with Crippen LogP contribution >= 0.6 is 0 Å². The van der Waals surface area contributed by atoms with Gasteiger partial charge in [-0.3, -0.25) is 14.4 Å². The third-order valence-corrected chi connectivity index (χ3v) is 2.07. The van der Waals surface area contributed by atoms with E-state index in [0.29, 0.717) is 0 Å².